The molecule has 0 aliphatic carbocycles. The van der Waals surface area contributed by atoms with Crippen molar-refractivity contribution < 1.29 is 13.9 Å². The zero-order valence-corrected chi connectivity index (χ0v) is 15.2. The summed E-state index contributed by atoms with van der Waals surface area (Å²) in [7, 11) is 0. The largest absolute Gasteiger partial charge is 0.373 e. The van der Waals surface area contributed by atoms with Crippen molar-refractivity contribution in [2.45, 2.75) is 31.9 Å². The van der Waals surface area contributed by atoms with Crippen molar-refractivity contribution in [2.24, 2.45) is 5.92 Å². The van der Waals surface area contributed by atoms with Crippen molar-refractivity contribution in [3.8, 4) is 0 Å². The Morgan fingerprint density at radius 3 is 2.89 bits per heavy atom. The van der Waals surface area contributed by atoms with Gasteiger partial charge in [0.05, 0.1) is 12.0 Å². The summed E-state index contributed by atoms with van der Waals surface area (Å²) in [5.41, 5.74) is 2.35. The number of pyridine rings is 1. The Balaban J connectivity index is 1.46. The topological polar surface area (TPSA) is 54.5 Å². The van der Waals surface area contributed by atoms with Gasteiger partial charge in [-0.15, -0.1) is 0 Å². The molecule has 27 heavy (non-hydrogen) atoms. The van der Waals surface area contributed by atoms with Gasteiger partial charge in [0.1, 0.15) is 5.82 Å². The first-order valence-electron chi connectivity index (χ1n) is 9.55. The highest BCUT2D eigenvalue weighted by atomic mass is 19.1. The predicted molar refractivity (Wildman–Crippen MR) is 101 cm³/mol. The lowest BCUT2D eigenvalue weighted by atomic mass is 9.95. The number of hydrogen-bond acceptors (Lipinski definition) is 4. The van der Waals surface area contributed by atoms with Crippen LogP contribution in [0.3, 0.4) is 0 Å². The quantitative estimate of drug-likeness (QED) is 0.879. The minimum atomic E-state index is -0.294. The van der Waals surface area contributed by atoms with Crippen LogP contribution in [-0.2, 0) is 16.1 Å². The fourth-order valence-corrected chi connectivity index (χ4v) is 4.01. The standard InChI is InChI=1S/C21H24FN3O2/c22-18-6-3-7-19(25-10-1-2-11-25)17(18)14-24-21(26)16-8-12-27-20(16)15-5-4-9-23-13-15/h3-7,9,13,16,20H,1-2,8,10-12,14H2,(H,24,26)/t16-,20+/m0/s1. The first kappa shape index (κ1) is 17.9. The number of carbonyl (C=O) groups is 1. The fourth-order valence-electron chi connectivity index (χ4n) is 4.01. The van der Waals surface area contributed by atoms with E-state index in [2.05, 4.69) is 15.2 Å². The number of carbonyl (C=O) groups excluding carboxylic acids is 1. The molecule has 2 aliphatic rings. The summed E-state index contributed by atoms with van der Waals surface area (Å²) < 4.78 is 20.2. The predicted octanol–water partition coefficient (Wildman–Crippen LogP) is 3.21. The minimum absolute atomic E-state index is 0.100. The lowest BCUT2D eigenvalue weighted by Crippen LogP contribution is -2.33. The number of benzene rings is 1. The molecule has 0 bridgehead atoms. The third-order valence-corrected chi connectivity index (χ3v) is 5.42. The molecule has 1 aromatic heterocycles. The van der Waals surface area contributed by atoms with Gasteiger partial charge in [-0.3, -0.25) is 9.78 Å². The van der Waals surface area contributed by atoms with E-state index < -0.39 is 0 Å². The average molecular weight is 369 g/mol. The number of aromatic nitrogens is 1. The van der Waals surface area contributed by atoms with Crippen molar-refractivity contribution in [3.63, 3.8) is 0 Å². The van der Waals surface area contributed by atoms with Crippen LogP contribution >= 0.6 is 0 Å². The van der Waals surface area contributed by atoms with Gasteiger partial charge in [-0.05, 0) is 43.0 Å². The van der Waals surface area contributed by atoms with Crippen LogP contribution in [0.1, 0.15) is 36.5 Å². The number of nitrogens with zero attached hydrogens (tertiary/aromatic N) is 2. The monoisotopic (exact) mass is 369 g/mol. The van der Waals surface area contributed by atoms with Crippen LogP contribution in [0.25, 0.3) is 0 Å². The SMILES string of the molecule is O=C(NCc1c(F)cccc1N1CCCC1)[C@H]1CCO[C@@H]1c1cccnc1. The molecule has 142 valence electrons. The van der Waals surface area contributed by atoms with E-state index in [0.29, 0.717) is 18.6 Å². The third-order valence-electron chi connectivity index (χ3n) is 5.42. The Hall–Kier alpha value is -2.47. The van der Waals surface area contributed by atoms with Gasteiger partial charge in [0.15, 0.2) is 0 Å². The second-order valence-corrected chi connectivity index (χ2v) is 7.12. The number of amides is 1. The molecule has 6 heteroatoms. The van der Waals surface area contributed by atoms with E-state index in [1.165, 1.54) is 6.07 Å². The highest BCUT2D eigenvalue weighted by Gasteiger charge is 2.35. The molecule has 2 atom stereocenters. The molecule has 0 saturated carbocycles. The summed E-state index contributed by atoms with van der Waals surface area (Å²) in [6, 6.07) is 8.89. The molecule has 3 heterocycles. The Morgan fingerprint density at radius 1 is 1.26 bits per heavy atom. The van der Waals surface area contributed by atoms with Crippen molar-refractivity contribution in [1.29, 1.82) is 0 Å². The van der Waals surface area contributed by atoms with Gasteiger partial charge in [-0.25, -0.2) is 4.39 Å². The van der Waals surface area contributed by atoms with E-state index in [4.69, 9.17) is 4.74 Å². The first-order chi connectivity index (χ1) is 13.2. The summed E-state index contributed by atoms with van der Waals surface area (Å²) in [4.78, 5) is 19.1. The fraction of sp³-hybridized carbons (Fsp3) is 0.429. The van der Waals surface area contributed by atoms with Crippen molar-refractivity contribution in [3.05, 3.63) is 59.7 Å². The maximum atomic E-state index is 14.5. The number of halogens is 1. The van der Waals surface area contributed by atoms with Crippen molar-refractivity contribution in [1.82, 2.24) is 10.3 Å². The average Bonchev–Trinajstić information content (AvgIpc) is 3.39. The molecule has 2 saturated heterocycles. The van der Waals surface area contributed by atoms with Crippen LogP contribution in [0.2, 0.25) is 0 Å². The molecule has 1 amide bonds. The molecule has 1 N–H and O–H groups in total. The number of anilines is 1. The highest BCUT2D eigenvalue weighted by Crippen LogP contribution is 2.34. The smallest absolute Gasteiger partial charge is 0.226 e. The van der Waals surface area contributed by atoms with Crippen LogP contribution in [0.4, 0.5) is 10.1 Å². The summed E-state index contributed by atoms with van der Waals surface area (Å²) in [5.74, 6) is -0.653. The molecule has 2 aliphatic heterocycles. The lowest BCUT2D eigenvalue weighted by molar-refractivity contribution is -0.126. The number of rotatable bonds is 5. The molecular formula is C21H24FN3O2. The maximum Gasteiger partial charge on any atom is 0.226 e. The van der Waals surface area contributed by atoms with E-state index in [-0.39, 0.29) is 30.3 Å². The number of nitrogens with one attached hydrogen (secondary N) is 1. The van der Waals surface area contributed by atoms with E-state index in [0.717, 1.165) is 37.2 Å². The molecule has 0 unspecified atom stereocenters. The summed E-state index contributed by atoms with van der Waals surface area (Å²) in [5, 5.41) is 2.94. The Kier molecular flexibility index (Phi) is 5.34. The number of hydrogen-bond donors (Lipinski definition) is 1. The highest BCUT2D eigenvalue weighted by molar-refractivity contribution is 5.80. The van der Waals surface area contributed by atoms with E-state index in [1.54, 1.807) is 18.5 Å². The Labute approximate surface area is 158 Å². The molecule has 1 aromatic carbocycles. The van der Waals surface area contributed by atoms with Gasteiger partial charge < -0.3 is 15.0 Å². The van der Waals surface area contributed by atoms with Crippen molar-refractivity contribution in [2.75, 3.05) is 24.6 Å². The zero-order valence-electron chi connectivity index (χ0n) is 15.2. The van der Waals surface area contributed by atoms with Crippen molar-refractivity contribution >= 4 is 11.6 Å². The van der Waals surface area contributed by atoms with Crippen LogP contribution in [0.15, 0.2) is 42.7 Å². The Morgan fingerprint density at radius 2 is 2.11 bits per heavy atom. The maximum absolute atomic E-state index is 14.5. The van der Waals surface area contributed by atoms with Gasteiger partial charge in [0.25, 0.3) is 0 Å². The summed E-state index contributed by atoms with van der Waals surface area (Å²) >= 11 is 0. The first-order valence-corrected chi connectivity index (χ1v) is 9.55. The van der Waals surface area contributed by atoms with Gasteiger partial charge in [0, 0.05) is 49.9 Å². The minimum Gasteiger partial charge on any atom is -0.373 e. The molecule has 4 rings (SSSR count). The Bertz CT molecular complexity index is 793. The second kappa shape index (κ2) is 8.05. The van der Waals surface area contributed by atoms with E-state index >= 15 is 0 Å². The van der Waals surface area contributed by atoms with Crippen LogP contribution in [0, 0.1) is 11.7 Å². The van der Waals surface area contributed by atoms with Gasteiger partial charge >= 0.3 is 0 Å². The molecule has 2 aromatic rings. The molecular weight excluding hydrogens is 345 g/mol. The normalized spacial score (nSPS) is 22.2. The lowest BCUT2D eigenvalue weighted by Gasteiger charge is -2.23. The van der Waals surface area contributed by atoms with Gasteiger partial charge in [-0.1, -0.05) is 12.1 Å². The summed E-state index contributed by atoms with van der Waals surface area (Å²) in [6.45, 7) is 2.60. The summed E-state index contributed by atoms with van der Waals surface area (Å²) in [6.07, 6.45) is 6.03. The van der Waals surface area contributed by atoms with Gasteiger partial charge in [0.2, 0.25) is 5.91 Å². The molecule has 5 nitrogen and oxygen atoms in total. The molecule has 0 radical (unpaired) electrons. The van der Waals surface area contributed by atoms with E-state index in [9.17, 15) is 9.18 Å². The van der Waals surface area contributed by atoms with Crippen LogP contribution < -0.4 is 10.2 Å². The third kappa shape index (κ3) is 3.81. The van der Waals surface area contributed by atoms with Gasteiger partial charge in [-0.2, -0.15) is 0 Å². The molecule has 0 spiro atoms. The number of ether oxygens (including phenoxy) is 1. The second-order valence-electron chi connectivity index (χ2n) is 7.12. The van der Waals surface area contributed by atoms with Crippen LogP contribution in [-0.4, -0.2) is 30.6 Å². The van der Waals surface area contributed by atoms with Crippen LogP contribution in [0.5, 0.6) is 0 Å². The zero-order chi connectivity index (χ0) is 18.6. The van der Waals surface area contributed by atoms with E-state index in [1.807, 2.05) is 18.2 Å². The molecule has 2 fully saturated rings.